The summed E-state index contributed by atoms with van der Waals surface area (Å²) in [6, 6.07) is 0. The molecule has 11 heavy (non-hydrogen) atoms. The van der Waals surface area contributed by atoms with Crippen LogP contribution in [0.5, 0.6) is 0 Å². The fraction of sp³-hybridized carbons (Fsp3) is 0.333. The smallest absolute Gasteiger partial charge is 0.0358 e. The van der Waals surface area contributed by atoms with Crippen LogP contribution in [-0.4, -0.2) is 19.0 Å². The van der Waals surface area contributed by atoms with Gasteiger partial charge in [0.15, 0.2) is 0 Å². The maximum atomic E-state index is 5.64. The zero-order chi connectivity index (χ0) is 8.27. The normalized spacial score (nSPS) is 16.9. The summed E-state index contributed by atoms with van der Waals surface area (Å²) < 4.78 is 0. The third kappa shape index (κ3) is 2.15. The van der Waals surface area contributed by atoms with Gasteiger partial charge in [0.25, 0.3) is 0 Å². The maximum Gasteiger partial charge on any atom is 0.0358 e. The Hall–Kier alpha value is -1.18. The van der Waals surface area contributed by atoms with Crippen molar-refractivity contribution in [2.24, 2.45) is 5.73 Å². The number of hydrogen-bond donors (Lipinski definition) is 1. The van der Waals surface area contributed by atoms with Gasteiger partial charge in [0.1, 0.15) is 0 Å². The molecule has 0 bridgehead atoms. The van der Waals surface area contributed by atoms with Crippen molar-refractivity contribution in [3.63, 3.8) is 0 Å². The van der Waals surface area contributed by atoms with Crippen LogP contribution in [0.1, 0.15) is 6.42 Å². The van der Waals surface area contributed by atoms with Crippen LogP contribution in [0.4, 0.5) is 0 Å². The Labute approximate surface area is 67.7 Å². The minimum atomic E-state index is 0.855. The molecule has 0 saturated carbocycles. The summed E-state index contributed by atoms with van der Waals surface area (Å²) in [5, 5.41) is 0. The van der Waals surface area contributed by atoms with Crippen molar-refractivity contribution in [2.75, 3.05) is 14.1 Å². The van der Waals surface area contributed by atoms with E-state index in [0.29, 0.717) is 0 Å². The molecule has 0 aromatic rings. The van der Waals surface area contributed by atoms with E-state index in [0.717, 1.165) is 12.1 Å². The summed E-state index contributed by atoms with van der Waals surface area (Å²) in [6.45, 7) is 0. The van der Waals surface area contributed by atoms with E-state index in [4.69, 9.17) is 5.73 Å². The number of allylic oxidation sites excluding steroid dienone is 4. The number of likely N-dealkylation sites (N-methyl/N-ethyl adjacent to an activating group) is 1. The van der Waals surface area contributed by atoms with Gasteiger partial charge >= 0.3 is 0 Å². The van der Waals surface area contributed by atoms with Gasteiger partial charge in [-0.3, -0.25) is 0 Å². The van der Waals surface area contributed by atoms with Crippen molar-refractivity contribution < 1.29 is 0 Å². The van der Waals surface area contributed by atoms with E-state index < -0.39 is 0 Å². The Morgan fingerprint density at radius 2 is 2.09 bits per heavy atom. The van der Waals surface area contributed by atoms with E-state index in [1.165, 1.54) is 5.70 Å². The van der Waals surface area contributed by atoms with E-state index in [-0.39, 0.29) is 0 Å². The van der Waals surface area contributed by atoms with Crippen LogP contribution in [-0.2, 0) is 0 Å². The summed E-state index contributed by atoms with van der Waals surface area (Å²) in [4.78, 5) is 2.06. The predicted molar refractivity (Wildman–Crippen MR) is 47.8 cm³/mol. The van der Waals surface area contributed by atoms with Crippen molar-refractivity contribution >= 4 is 0 Å². The molecule has 0 spiro atoms. The van der Waals surface area contributed by atoms with Crippen LogP contribution in [0.15, 0.2) is 35.7 Å². The molecule has 1 aliphatic carbocycles. The second-order valence-corrected chi connectivity index (χ2v) is 2.83. The molecule has 0 amide bonds. The molecule has 0 radical (unpaired) electrons. The molecule has 0 aromatic heterocycles. The van der Waals surface area contributed by atoms with Crippen LogP contribution in [0.2, 0.25) is 0 Å². The average Bonchev–Trinajstić information content (AvgIpc) is 2.13. The highest BCUT2D eigenvalue weighted by Gasteiger charge is 1.96. The van der Waals surface area contributed by atoms with Gasteiger partial charge in [0.05, 0.1) is 0 Å². The molecule has 0 fully saturated rings. The predicted octanol–water partition coefficient (Wildman–Crippen LogP) is 1.23. The maximum absolute atomic E-state index is 5.64. The first-order valence-corrected chi connectivity index (χ1v) is 3.70. The van der Waals surface area contributed by atoms with Crippen LogP contribution >= 0.6 is 0 Å². The SMILES string of the molecule is CN(C)C1=CC=C(N)CC=C1. The molecule has 60 valence electrons. The second kappa shape index (κ2) is 3.28. The van der Waals surface area contributed by atoms with Gasteiger partial charge in [-0.05, 0) is 18.2 Å². The van der Waals surface area contributed by atoms with Crippen molar-refractivity contribution in [3.05, 3.63) is 35.7 Å². The molecule has 2 heteroatoms. The van der Waals surface area contributed by atoms with E-state index >= 15 is 0 Å². The summed E-state index contributed by atoms with van der Waals surface area (Å²) in [5.41, 5.74) is 7.74. The molecule has 2 nitrogen and oxygen atoms in total. The Kier molecular flexibility index (Phi) is 2.36. The van der Waals surface area contributed by atoms with Crippen molar-refractivity contribution in [1.29, 1.82) is 0 Å². The van der Waals surface area contributed by atoms with Crippen LogP contribution in [0.3, 0.4) is 0 Å². The lowest BCUT2D eigenvalue weighted by Gasteiger charge is -2.11. The first kappa shape index (κ1) is 7.92. The third-order valence-corrected chi connectivity index (χ3v) is 1.63. The fourth-order valence-corrected chi connectivity index (χ4v) is 0.930. The Morgan fingerprint density at radius 3 is 2.73 bits per heavy atom. The fourth-order valence-electron chi connectivity index (χ4n) is 0.930. The van der Waals surface area contributed by atoms with Gasteiger partial charge in [-0.15, -0.1) is 0 Å². The van der Waals surface area contributed by atoms with E-state index in [1.54, 1.807) is 0 Å². The Balaban J connectivity index is 2.81. The monoisotopic (exact) mass is 150 g/mol. The summed E-state index contributed by atoms with van der Waals surface area (Å²) in [5.74, 6) is 0. The molecule has 1 aliphatic rings. The number of hydrogen-bond acceptors (Lipinski definition) is 2. The van der Waals surface area contributed by atoms with Gasteiger partial charge < -0.3 is 10.6 Å². The molecule has 0 aliphatic heterocycles. The number of nitrogens with two attached hydrogens (primary N) is 1. The van der Waals surface area contributed by atoms with Crippen molar-refractivity contribution in [2.45, 2.75) is 6.42 Å². The molecule has 0 saturated heterocycles. The van der Waals surface area contributed by atoms with Crippen molar-refractivity contribution in [1.82, 2.24) is 4.90 Å². The van der Waals surface area contributed by atoms with Crippen LogP contribution < -0.4 is 5.73 Å². The zero-order valence-corrected chi connectivity index (χ0v) is 7.04. The summed E-state index contributed by atoms with van der Waals surface area (Å²) >= 11 is 0. The molecule has 0 atom stereocenters. The number of nitrogens with zero attached hydrogens (tertiary/aromatic N) is 1. The summed E-state index contributed by atoms with van der Waals surface area (Å²) in [6.07, 6.45) is 8.99. The highest BCUT2D eigenvalue weighted by molar-refractivity contribution is 5.28. The lowest BCUT2D eigenvalue weighted by molar-refractivity contribution is 0.530. The molecule has 0 heterocycles. The first-order chi connectivity index (χ1) is 5.20. The Bertz CT molecular complexity index is 222. The van der Waals surface area contributed by atoms with Gasteiger partial charge in [0.2, 0.25) is 0 Å². The standard InChI is InChI=1S/C9H14N2/c1-11(2)9-5-3-4-8(10)6-7-9/h3,5-7H,4,10H2,1-2H3. The molecule has 2 N–H and O–H groups in total. The summed E-state index contributed by atoms with van der Waals surface area (Å²) in [7, 11) is 4.04. The van der Waals surface area contributed by atoms with Gasteiger partial charge in [-0.1, -0.05) is 6.08 Å². The van der Waals surface area contributed by atoms with E-state index in [1.807, 2.05) is 26.2 Å². The molecule has 0 aromatic carbocycles. The zero-order valence-electron chi connectivity index (χ0n) is 7.04. The third-order valence-electron chi connectivity index (χ3n) is 1.63. The Morgan fingerprint density at radius 1 is 1.36 bits per heavy atom. The van der Waals surface area contributed by atoms with Crippen molar-refractivity contribution in [3.8, 4) is 0 Å². The topological polar surface area (TPSA) is 29.3 Å². The molecular formula is C9H14N2. The van der Waals surface area contributed by atoms with Gasteiger partial charge in [0, 0.05) is 31.9 Å². The average molecular weight is 150 g/mol. The lowest BCUT2D eigenvalue weighted by Crippen LogP contribution is -2.08. The largest absolute Gasteiger partial charge is 0.402 e. The quantitative estimate of drug-likeness (QED) is 0.609. The lowest BCUT2D eigenvalue weighted by atomic mass is 10.3. The van der Waals surface area contributed by atoms with Crippen LogP contribution in [0.25, 0.3) is 0 Å². The first-order valence-electron chi connectivity index (χ1n) is 3.70. The minimum absolute atomic E-state index is 0.855. The molecule has 1 rings (SSSR count). The minimum Gasteiger partial charge on any atom is -0.402 e. The molecule has 0 unspecified atom stereocenters. The van der Waals surface area contributed by atoms with E-state index in [2.05, 4.69) is 17.1 Å². The highest BCUT2D eigenvalue weighted by atomic mass is 15.1. The van der Waals surface area contributed by atoms with Gasteiger partial charge in [-0.25, -0.2) is 0 Å². The highest BCUT2D eigenvalue weighted by Crippen LogP contribution is 2.08. The van der Waals surface area contributed by atoms with E-state index in [9.17, 15) is 0 Å². The van der Waals surface area contributed by atoms with Crippen LogP contribution in [0, 0.1) is 0 Å². The van der Waals surface area contributed by atoms with Gasteiger partial charge in [-0.2, -0.15) is 0 Å². The number of rotatable bonds is 1. The second-order valence-electron chi connectivity index (χ2n) is 2.83. The molecular weight excluding hydrogens is 136 g/mol.